The Bertz CT molecular complexity index is 398. The molecule has 0 unspecified atom stereocenters. The summed E-state index contributed by atoms with van der Waals surface area (Å²) < 4.78 is 0. The Morgan fingerprint density at radius 3 is 2.82 bits per heavy atom. The van der Waals surface area contributed by atoms with Gasteiger partial charge in [-0.2, -0.15) is 0 Å². The van der Waals surface area contributed by atoms with Crippen LogP contribution in [-0.4, -0.2) is 36.5 Å². The number of rotatable bonds is 1. The van der Waals surface area contributed by atoms with Crippen LogP contribution in [0.15, 0.2) is 24.3 Å². The Morgan fingerprint density at radius 1 is 1.47 bits per heavy atom. The molecule has 1 aromatic rings. The van der Waals surface area contributed by atoms with Crippen molar-refractivity contribution in [3.8, 4) is 0 Å². The van der Waals surface area contributed by atoms with E-state index < -0.39 is 0 Å². The van der Waals surface area contributed by atoms with Gasteiger partial charge in [-0.3, -0.25) is 4.79 Å². The number of piperazine rings is 1. The van der Waals surface area contributed by atoms with Crippen LogP contribution in [0.2, 0.25) is 5.02 Å². The number of carbonyl (C=O) groups is 1. The molecule has 1 heterocycles. The van der Waals surface area contributed by atoms with Crippen molar-refractivity contribution in [2.24, 2.45) is 0 Å². The van der Waals surface area contributed by atoms with Crippen molar-refractivity contribution in [3.05, 3.63) is 34.9 Å². The smallest absolute Gasteiger partial charge is 0.255 e. The zero-order valence-corrected chi connectivity index (χ0v) is 11.2. The van der Waals surface area contributed by atoms with Gasteiger partial charge in [-0.1, -0.05) is 23.7 Å². The molecule has 2 rings (SSSR count). The highest BCUT2D eigenvalue weighted by atomic mass is 35.5. The summed E-state index contributed by atoms with van der Waals surface area (Å²) >= 11 is 6.02. The number of hydrogen-bond acceptors (Lipinski definition) is 2. The van der Waals surface area contributed by atoms with Crippen LogP contribution in [0.1, 0.15) is 17.3 Å². The van der Waals surface area contributed by atoms with Crippen LogP contribution in [0, 0.1) is 0 Å². The first kappa shape index (κ1) is 14.3. The standard InChI is InChI=1S/C12H15ClN2O.ClH/c1-9-8-14-6-7-15(9)12(16)10-4-2-3-5-11(10)13;/h2-5,9,14H,6-8H2,1H3;1H/t9-;/m0./s1. The van der Waals surface area contributed by atoms with Gasteiger partial charge in [0.25, 0.3) is 5.91 Å². The number of benzene rings is 1. The fourth-order valence-corrected chi connectivity index (χ4v) is 2.15. The highest BCUT2D eigenvalue weighted by Gasteiger charge is 2.24. The topological polar surface area (TPSA) is 32.3 Å². The summed E-state index contributed by atoms with van der Waals surface area (Å²) in [7, 11) is 0. The average Bonchev–Trinajstić information content (AvgIpc) is 2.29. The van der Waals surface area contributed by atoms with E-state index in [4.69, 9.17) is 11.6 Å². The minimum Gasteiger partial charge on any atom is -0.333 e. The first-order chi connectivity index (χ1) is 7.70. The number of nitrogens with one attached hydrogen (secondary N) is 1. The van der Waals surface area contributed by atoms with Crippen molar-refractivity contribution in [1.29, 1.82) is 0 Å². The number of halogens is 2. The first-order valence-corrected chi connectivity index (χ1v) is 5.84. The summed E-state index contributed by atoms with van der Waals surface area (Å²) in [5, 5.41) is 3.78. The second-order valence-corrected chi connectivity index (χ2v) is 4.44. The Labute approximate surface area is 113 Å². The van der Waals surface area contributed by atoms with Gasteiger partial charge in [0, 0.05) is 25.7 Å². The number of hydrogen-bond donors (Lipinski definition) is 1. The molecule has 3 nitrogen and oxygen atoms in total. The molecule has 17 heavy (non-hydrogen) atoms. The maximum absolute atomic E-state index is 12.2. The van der Waals surface area contributed by atoms with E-state index in [-0.39, 0.29) is 24.4 Å². The molecule has 1 aliphatic rings. The van der Waals surface area contributed by atoms with E-state index >= 15 is 0 Å². The molecule has 1 aromatic carbocycles. The van der Waals surface area contributed by atoms with E-state index in [0.717, 1.165) is 19.6 Å². The highest BCUT2D eigenvalue weighted by Crippen LogP contribution is 2.18. The minimum absolute atomic E-state index is 0. The molecule has 0 bridgehead atoms. The van der Waals surface area contributed by atoms with Crippen molar-refractivity contribution in [3.63, 3.8) is 0 Å². The summed E-state index contributed by atoms with van der Waals surface area (Å²) in [5.74, 6) is 0.0274. The predicted molar refractivity (Wildman–Crippen MR) is 72.1 cm³/mol. The van der Waals surface area contributed by atoms with Crippen LogP contribution < -0.4 is 5.32 Å². The molecule has 1 amide bonds. The normalized spacial score (nSPS) is 19.6. The van der Waals surface area contributed by atoms with Crippen LogP contribution >= 0.6 is 24.0 Å². The van der Waals surface area contributed by atoms with Crippen molar-refractivity contribution in [2.45, 2.75) is 13.0 Å². The van der Waals surface area contributed by atoms with Gasteiger partial charge in [0.2, 0.25) is 0 Å². The molecule has 1 aliphatic heterocycles. The van der Waals surface area contributed by atoms with E-state index in [9.17, 15) is 4.79 Å². The van der Waals surface area contributed by atoms with E-state index in [2.05, 4.69) is 5.32 Å². The lowest BCUT2D eigenvalue weighted by Gasteiger charge is -2.34. The van der Waals surface area contributed by atoms with E-state index in [1.165, 1.54) is 0 Å². The largest absolute Gasteiger partial charge is 0.333 e. The van der Waals surface area contributed by atoms with Gasteiger partial charge in [-0.25, -0.2) is 0 Å². The molecular weight excluding hydrogens is 259 g/mol. The summed E-state index contributed by atoms with van der Waals surface area (Å²) in [6.07, 6.45) is 0. The lowest BCUT2D eigenvalue weighted by molar-refractivity contribution is 0.0656. The van der Waals surface area contributed by atoms with Crippen molar-refractivity contribution < 1.29 is 4.79 Å². The molecule has 0 aliphatic carbocycles. The molecule has 1 fully saturated rings. The SMILES string of the molecule is C[C@H]1CNCCN1C(=O)c1ccccc1Cl.Cl. The van der Waals surface area contributed by atoms with Crippen LogP contribution in [0.4, 0.5) is 0 Å². The van der Waals surface area contributed by atoms with Gasteiger partial charge < -0.3 is 10.2 Å². The van der Waals surface area contributed by atoms with Gasteiger partial charge in [0.15, 0.2) is 0 Å². The average molecular weight is 275 g/mol. The van der Waals surface area contributed by atoms with Gasteiger partial charge >= 0.3 is 0 Å². The zero-order valence-electron chi connectivity index (χ0n) is 9.65. The number of amides is 1. The van der Waals surface area contributed by atoms with Crippen LogP contribution in [0.5, 0.6) is 0 Å². The van der Waals surface area contributed by atoms with E-state index in [0.29, 0.717) is 10.6 Å². The highest BCUT2D eigenvalue weighted by molar-refractivity contribution is 6.33. The first-order valence-electron chi connectivity index (χ1n) is 5.46. The molecule has 94 valence electrons. The Hall–Kier alpha value is -0.770. The molecule has 1 saturated heterocycles. The van der Waals surface area contributed by atoms with Gasteiger partial charge in [-0.15, -0.1) is 12.4 Å². The second-order valence-electron chi connectivity index (χ2n) is 4.03. The van der Waals surface area contributed by atoms with Crippen molar-refractivity contribution >= 4 is 29.9 Å². The number of carbonyl (C=O) groups excluding carboxylic acids is 1. The Kier molecular flexibility index (Phi) is 5.25. The molecule has 0 radical (unpaired) electrons. The van der Waals surface area contributed by atoms with Crippen LogP contribution in [-0.2, 0) is 0 Å². The summed E-state index contributed by atoms with van der Waals surface area (Å²) in [6, 6.07) is 7.42. The molecule has 1 atom stereocenters. The summed E-state index contributed by atoms with van der Waals surface area (Å²) in [5.41, 5.74) is 0.595. The molecule has 0 saturated carbocycles. The third-order valence-electron chi connectivity index (χ3n) is 2.87. The zero-order chi connectivity index (χ0) is 11.5. The molecule has 0 aromatic heterocycles. The van der Waals surface area contributed by atoms with Crippen molar-refractivity contribution in [2.75, 3.05) is 19.6 Å². The predicted octanol–water partition coefficient (Wildman–Crippen LogP) is 2.20. The van der Waals surface area contributed by atoms with E-state index in [1.54, 1.807) is 12.1 Å². The van der Waals surface area contributed by atoms with Crippen LogP contribution in [0.25, 0.3) is 0 Å². The lowest BCUT2D eigenvalue weighted by atomic mass is 10.1. The second kappa shape index (κ2) is 6.24. The molecule has 1 N–H and O–H groups in total. The summed E-state index contributed by atoms with van der Waals surface area (Å²) in [4.78, 5) is 14.1. The molecule has 5 heteroatoms. The third kappa shape index (κ3) is 3.12. The molecule has 0 spiro atoms. The fourth-order valence-electron chi connectivity index (χ4n) is 1.93. The Balaban J connectivity index is 0.00000144. The third-order valence-corrected chi connectivity index (χ3v) is 3.20. The van der Waals surface area contributed by atoms with Crippen molar-refractivity contribution in [1.82, 2.24) is 10.2 Å². The lowest BCUT2D eigenvalue weighted by Crippen LogP contribution is -2.52. The van der Waals surface area contributed by atoms with Gasteiger partial charge in [0.05, 0.1) is 10.6 Å². The monoisotopic (exact) mass is 274 g/mol. The fraction of sp³-hybridized carbons (Fsp3) is 0.417. The molecular formula is C12H16Cl2N2O. The quantitative estimate of drug-likeness (QED) is 0.852. The summed E-state index contributed by atoms with van der Waals surface area (Å²) in [6.45, 7) is 4.48. The van der Waals surface area contributed by atoms with E-state index in [1.807, 2.05) is 24.0 Å². The van der Waals surface area contributed by atoms with Gasteiger partial charge in [-0.05, 0) is 19.1 Å². The Morgan fingerprint density at radius 2 is 2.18 bits per heavy atom. The van der Waals surface area contributed by atoms with Gasteiger partial charge in [0.1, 0.15) is 0 Å². The maximum Gasteiger partial charge on any atom is 0.255 e. The maximum atomic E-state index is 12.2. The minimum atomic E-state index is 0. The number of nitrogens with zero attached hydrogens (tertiary/aromatic N) is 1. The van der Waals surface area contributed by atoms with Crippen LogP contribution in [0.3, 0.4) is 0 Å².